The van der Waals surface area contributed by atoms with Crippen molar-refractivity contribution in [1.29, 1.82) is 0 Å². The first-order valence-electron chi connectivity index (χ1n) is 38.8. The first-order valence-corrected chi connectivity index (χ1v) is 40.0. The van der Waals surface area contributed by atoms with E-state index in [1.165, 1.54) is 223 Å². The monoisotopic (exact) mass is 1380 g/mol. The lowest BCUT2D eigenvalue weighted by Crippen LogP contribution is -2.63. The van der Waals surface area contributed by atoms with Crippen molar-refractivity contribution in [1.82, 2.24) is 20.3 Å². The largest absolute Gasteiger partial charge is 0.462 e. The predicted molar refractivity (Wildman–Crippen MR) is 379 cm³/mol. The number of nitrogens with zero attached hydrogens (tertiary/aromatic N) is 3. The third-order valence-corrected chi connectivity index (χ3v) is 20.1. The number of aliphatic hydroxyl groups is 7. The summed E-state index contributed by atoms with van der Waals surface area (Å²) in [5.41, 5.74) is 0. The highest BCUT2D eigenvalue weighted by atomic mass is 32.2. The van der Waals surface area contributed by atoms with E-state index in [9.17, 15) is 54.9 Å². The molecule has 1 aromatic heterocycles. The highest BCUT2D eigenvalue weighted by Gasteiger charge is 2.51. The highest BCUT2D eigenvalue weighted by Crippen LogP contribution is 2.33. The number of carbonyl (C=O) groups excluding carboxylic acids is 4. The second-order valence-electron chi connectivity index (χ2n) is 27.7. The first-order chi connectivity index (χ1) is 46.8. The summed E-state index contributed by atoms with van der Waals surface area (Å²) < 4.78 is 29.8. The number of hydrogen-bond donors (Lipinski definition) is 9. The number of anilines is 1. The smallest absolute Gasteiger partial charge is 0.306 e. The highest BCUT2D eigenvalue weighted by molar-refractivity contribution is 7.99. The van der Waals surface area contributed by atoms with Crippen LogP contribution in [0.25, 0.3) is 0 Å². The second kappa shape index (κ2) is 57.6. The van der Waals surface area contributed by atoms with Crippen molar-refractivity contribution >= 4 is 41.3 Å². The molecule has 2 saturated heterocycles. The average molecular weight is 1380 g/mol. The maximum atomic E-state index is 14.3. The zero-order valence-electron chi connectivity index (χ0n) is 60.0. The van der Waals surface area contributed by atoms with Gasteiger partial charge in [-0.1, -0.05) is 296 Å². The molecule has 0 aromatic carbocycles. The SMILES string of the molecule is CCCCCCCCCCCCCCCCCC(=O)N[C@H](CSC[C@@H](COC(=O)CCCCCCCCCCCCCCCCC)OC(=O)CCCCCCCCCCCCCCCCC)C(=O)Nc1cn([C@@H]2OC(CO)C(OC3OC(CO)C(O)C(O)C3O)C(O)C2O)nn1. The lowest BCUT2D eigenvalue weighted by Gasteiger charge is -2.45. The minimum atomic E-state index is -1.84. The normalized spacial score (nSPS) is 21.9. The maximum Gasteiger partial charge on any atom is 0.306 e. The van der Waals surface area contributed by atoms with Crippen LogP contribution in [0.15, 0.2) is 6.20 Å². The number of rotatable bonds is 63. The van der Waals surface area contributed by atoms with Crippen molar-refractivity contribution in [3.8, 4) is 0 Å². The molecule has 2 amide bonds. The molecule has 22 heteroatoms. The average Bonchev–Trinajstić information content (AvgIpc) is 0.966. The first kappa shape index (κ1) is 87.2. The minimum absolute atomic E-state index is 0.0371. The van der Waals surface area contributed by atoms with Crippen molar-refractivity contribution in [2.45, 2.75) is 402 Å². The summed E-state index contributed by atoms with van der Waals surface area (Å²) in [4.78, 5) is 54.5. The van der Waals surface area contributed by atoms with Gasteiger partial charge in [-0.05, 0) is 19.3 Å². The summed E-state index contributed by atoms with van der Waals surface area (Å²) in [5, 5.41) is 87.4. The molecule has 2 aliphatic heterocycles. The Morgan fingerprint density at radius 3 is 1.32 bits per heavy atom. The number of amides is 2. The Kier molecular flexibility index (Phi) is 52.3. The summed E-state index contributed by atoms with van der Waals surface area (Å²) in [6.07, 6.45) is 38.8. The second-order valence-corrected chi connectivity index (χ2v) is 28.7. The number of carbonyl (C=O) groups is 4. The third kappa shape index (κ3) is 39.8. The van der Waals surface area contributed by atoms with Crippen LogP contribution in [0.2, 0.25) is 0 Å². The molecule has 0 aliphatic carbocycles. The number of esters is 2. The van der Waals surface area contributed by atoms with Gasteiger partial charge in [-0.25, -0.2) is 4.68 Å². The molecule has 0 bridgehead atoms. The predicted octanol–water partition coefficient (Wildman–Crippen LogP) is 13.5. The molecule has 560 valence electrons. The Bertz CT molecular complexity index is 2060. The standard InChI is InChI=1S/C74H137N5O16S/c1-4-7-10-13-16-19-22-25-28-31-34-37-40-43-46-49-63(82)75-59(72(90)76-62-52-79(78-77-62)73-69(88)68(87)71(61(54-81)93-73)95-74-70(89)67(86)66(85)60(53-80)94-74)57-96-56-58(92-65(84)51-48-45-42-39-36-33-30-27-24-21-18-15-12-9-6-3)55-91-64(83)50-47-44-41-38-35-32-29-26-23-20-17-14-11-8-5-2/h52,58-61,66-71,73-74,80-81,85-89H,4-51,53-57H2,1-3H3,(H,75,82)(H,76,90)/t58-,59-,60?,61?,66?,67?,68?,69?,70?,71?,73-,74?/m1/s1. The number of unbranched alkanes of at least 4 members (excludes halogenated alkanes) is 42. The third-order valence-electron chi connectivity index (χ3n) is 18.9. The fraction of sp³-hybridized carbons (Fsp3) is 0.919. The zero-order valence-corrected chi connectivity index (χ0v) is 60.9. The van der Waals surface area contributed by atoms with Gasteiger partial charge >= 0.3 is 11.9 Å². The Balaban J connectivity index is 1.62. The summed E-state index contributed by atoms with van der Waals surface area (Å²) in [5.74, 6) is -1.62. The molecule has 3 heterocycles. The molecule has 3 rings (SSSR count). The van der Waals surface area contributed by atoms with E-state index in [1.807, 2.05) is 0 Å². The molecule has 0 radical (unpaired) electrons. The molecule has 21 nitrogen and oxygen atoms in total. The number of hydrogen-bond acceptors (Lipinski definition) is 19. The van der Waals surface area contributed by atoms with Crippen molar-refractivity contribution in [3.05, 3.63) is 6.20 Å². The van der Waals surface area contributed by atoms with Crippen LogP contribution < -0.4 is 10.6 Å². The van der Waals surface area contributed by atoms with Crippen LogP contribution in [0.5, 0.6) is 0 Å². The van der Waals surface area contributed by atoms with Crippen LogP contribution in [0.1, 0.15) is 335 Å². The molecular formula is C74H137N5O16S. The van der Waals surface area contributed by atoms with Gasteiger partial charge < -0.3 is 70.1 Å². The van der Waals surface area contributed by atoms with Gasteiger partial charge in [0.25, 0.3) is 0 Å². The van der Waals surface area contributed by atoms with Gasteiger partial charge in [-0.2, -0.15) is 11.8 Å². The van der Waals surface area contributed by atoms with Gasteiger partial charge in [-0.3, -0.25) is 19.2 Å². The molecule has 12 atom stereocenters. The number of aromatic nitrogens is 3. The number of ether oxygens (including phenoxy) is 5. The van der Waals surface area contributed by atoms with Gasteiger partial charge in [0.05, 0.1) is 19.4 Å². The zero-order chi connectivity index (χ0) is 69.6. The quantitative estimate of drug-likeness (QED) is 0.0216. The summed E-state index contributed by atoms with van der Waals surface area (Å²) in [7, 11) is 0. The van der Waals surface area contributed by atoms with E-state index < -0.39 is 92.6 Å². The molecule has 0 saturated carbocycles. The van der Waals surface area contributed by atoms with Crippen molar-refractivity contribution in [2.75, 3.05) is 36.6 Å². The summed E-state index contributed by atoms with van der Waals surface area (Å²) in [6.45, 7) is 5.08. The molecule has 1 aromatic rings. The lowest BCUT2D eigenvalue weighted by molar-refractivity contribution is -0.347. The van der Waals surface area contributed by atoms with Gasteiger partial charge in [0.15, 0.2) is 18.3 Å². The Labute approximate surface area is 582 Å². The Hall–Kier alpha value is -3.03. The summed E-state index contributed by atoms with van der Waals surface area (Å²) >= 11 is 1.26. The van der Waals surface area contributed by atoms with E-state index in [1.54, 1.807) is 0 Å². The van der Waals surface area contributed by atoms with E-state index in [-0.39, 0.29) is 61.0 Å². The van der Waals surface area contributed by atoms with E-state index in [2.05, 4.69) is 41.7 Å². The minimum Gasteiger partial charge on any atom is -0.462 e. The lowest BCUT2D eigenvalue weighted by atomic mass is 9.96. The Morgan fingerprint density at radius 2 is 0.896 bits per heavy atom. The van der Waals surface area contributed by atoms with E-state index in [4.69, 9.17) is 23.7 Å². The fourth-order valence-corrected chi connectivity index (χ4v) is 13.8. The van der Waals surface area contributed by atoms with Crippen LogP contribution in [0.4, 0.5) is 5.82 Å². The van der Waals surface area contributed by atoms with Crippen molar-refractivity contribution in [3.63, 3.8) is 0 Å². The molecule has 9 N–H and O–H groups in total. The molecular weight excluding hydrogens is 1250 g/mol. The van der Waals surface area contributed by atoms with Crippen LogP contribution in [0.3, 0.4) is 0 Å². The molecule has 96 heavy (non-hydrogen) atoms. The van der Waals surface area contributed by atoms with Gasteiger partial charge in [0.2, 0.25) is 11.8 Å². The number of aliphatic hydroxyl groups excluding tert-OH is 7. The number of thioether (sulfide) groups is 1. The maximum absolute atomic E-state index is 14.3. The Morgan fingerprint density at radius 1 is 0.490 bits per heavy atom. The molecule has 2 fully saturated rings. The summed E-state index contributed by atoms with van der Waals surface area (Å²) in [6, 6.07) is -1.12. The van der Waals surface area contributed by atoms with Crippen molar-refractivity contribution < 1.29 is 78.6 Å². The van der Waals surface area contributed by atoms with Gasteiger partial charge in [0, 0.05) is 30.8 Å². The molecule has 9 unspecified atom stereocenters. The van der Waals surface area contributed by atoms with Gasteiger partial charge in [0.1, 0.15) is 67.6 Å². The fourth-order valence-electron chi connectivity index (χ4n) is 12.8. The topological polar surface area (TPSA) is 311 Å². The van der Waals surface area contributed by atoms with Crippen LogP contribution in [0, 0.1) is 0 Å². The van der Waals surface area contributed by atoms with E-state index >= 15 is 0 Å². The molecule has 0 spiro atoms. The molecule has 2 aliphatic rings. The van der Waals surface area contributed by atoms with E-state index in [0.717, 1.165) is 68.9 Å². The van der Waals surface area contributed by atoms with Crippen LogP contribution in [-0.4, -0.2) is 173 Å². The van der Waals surface area contributed by atoms with Crippen LogP contribution in [-0.2, 0) is 42.9 Å². The van der Waals surface area contributed by atoms with Gasteiger partial charge in [-0.15, -0.1) is 5.10 Å². The number of nitrogens with one attached hydrogen (secondary N) is 2. The van der Waals surface area contributed by atoms with E-state index in [0.29, 0.717) is 19.3 Å². The van der Waals surface area contributed by atoms with Crippen molar-refractivity contribution in [2.24, 2.45) is 0 Å². The van der Waals surface area contributed by atoms with Crippen LogP contribution >= 0.6 is 11.8 Å².